The molecule has 0 saturated carbocycles. The SMILES string of the molecule is CCOC(=O)C(C)(C)OCC(N)CC. The highest BCUT2D eigenvalue weighted by Gasteiger charge is 2.30. The Kier molecular flexibility index (Phi) is 5.72. The number of esters is 1. The van der Waals surface area contributed by atoms with Gasteiger partial charge >= 0.3 is 5.97 Å². The molecule has 0 spiro atoms. The van der Waals surface area contributed by atoms with Crippen molar-refractivity contribution in [3.05, 3.63) is 0 Å². The molecule has 0 aliphatic heterocycles. The maximum atomic E-state index is 11.4. The summed E-state index contributed by atoms with van der Waals surface area (Å²) in [4.78, 5) is 11.4. The number of carbonyl (C=O) groups excluding carboxylic acids is 1. The van der Waals surface area contributed by atoms with Crippen LogP contribution < -0.4 is 5.73 Å². The minimum absolute atomic E-state index is 0.0244. The van der Waals surface area contributed by atoms with Crippen LogP contribution in [-0.2, 0) is 14.3 Å². The molecule has 0 rings (SSSR count). The average Bonchev–Trinajstić information content (AvgIpc) is 2.14. The summed E-state index contributed by atoms with van der Waals surface area (Å²) < 4.78 is 10.3. The molecule has 84 valence electrons. The van der Waals surface area contributed by atoms with Crippen LogP contribution in [0.25, 0.3) is 0 Å². The summed E-state index contributed by atoms with van der Waals surface area (Å²) in [6, 6.07) is -0.0244. The molecule has 1 atom stereocenters. The van der Waals surface area contributed by atoms with E-state index in [-0.39, 0.29) is 12.0 Å². The van der Waals surface area contributed by atoms with Crippen molar-refractivity contribution >= 4 is 5.97 Å². The van der Waals surface area contributed by atoms with E-state index < -0.39 is 5.60 Å². The number of nitrogens with two attached hydrogens (primary N) is 1. The largest absolute Gasteiger partial charge is 0.464 e. The van der Waals surface area contributed by atoms with Crippen molar-refractivity contribution in [1.29, 1.82) is 0 Å². The lowest BCUT2D eigenvalue weighted by atomic mass is 10.1. The van der Waals surface area contributed by atoms with E-state index in [0.29, 0.717) is 13.2 Å². The third kappa shape index (κ3) is 4.58. The van der Waals surface area contributed by atoms with Gasteiger partial charge in [0, 0.05) is 6.04 Å². The van der Waals surface area contributed by atoms with Crippen LogP contribution in [0.5, 0.6) is 0 Å². The summed E-state index contributed by atoms with van der Waals surface area (Å²) in [6.45, 7) is 7.87. The van der Waals surface area contributed by atoms with Gasteiger partial charge in [-0.25, -0.2) is 4.79 Å². The molecule has 4 nitrogen and oxygen atoms in total. The maximum Gasteiger partial charge on any atom is 0.337 e. The zero-order valence-corrected chi connectivity index (χ0v) is 9.50. The standard InChI is InChI=1S/C10H21NO3/c1-5-8(11)7-14-10(3,4)9(12)13-6-2/h8H,5-7,11H2,1-4H3. The lowest BCUT2D eigenvalue weighted by Gasteiger charge is -2.24. The molecule has 1 unspecified atom stereocenters. The fraction of sp³-hybridized carbons (Fsp3) is 0.900. The van der Waals surface area contributed by atoms with Gasteiger partial charge in [-0.3, -0.25) is 0 Å². The van der Waals surface area contributed by atoms with Crippen LogP contribution in [0.1, 0.15) is 34.1 Å². The second-order valence-corrected chi connectivity index (χ2v) is 3.71. The summed E-state index contributed by atoms with van der Waals surface area (Å²) in [5.74, 6) is -0.344. The zero-order chi connectivity index (χ0) is 11.2. The number of carbonyl (C=O) groups is 1. The quantitative estimate of drug-likeness (QED) is 0.656. The van der Waals surface area contributed by atoms with Gasteiger partial charge in [-0.15, -0.1) is 0 Å². The summed E-state index contributed by atoms with van der Waals surface area (Å²) in [6.07, 6.45) is 0.832. The Hall–Kier alpha value is -0.610. The van der Waals surface area contributed by atoms with Crippen molar-refractivity contribution in [3.8, 4) is 0 Å². The molecule has 4 heteroatoms. The lowest BCUT2D eigenvalue weighted by Crippen LogP contribution is -2.40. The fourth-order valence-electron chi connectivity index (χ4n) is 0.797. The van der Waals surface area contributed by atoms with Gasteiger partial charge in [0.25, 0.3) is 0 Å². The van der Waals surface area contributed by atoms with Crippen LogP contribution >= 0.6 is 0 Å². The van der Waals surface area contributed by atoms with E-state index in [2.05, 4.69) is 0 Å². The molecule has 0 heterocycles. The summed E-state index contributed by atoms with van der Waals surface area (Å²) in [5.41, 5.74) is 4.78. The Morgan fingerprint density at radius 2 is 2.00 bits per heavy atom. The van der Waals surface area contributed by atoms with E-state index in [0.717, 1.165) is 6.42 Å². The van der Waals surface area contributed by atoms with E-state index in [9.17, 15) is 4.79 Å². The van der Waals surface area contributed by atoms with E-state index in [1.54, 1.807) is 20.8 Å². The number of hydrogen-bond acceptors (Lipinski definition) is 4. The highest BCUT2D eigenvalue weighted by molar-refractivity contribution is 5.78. The second-order valence-electron chi connectivity index (χ2n) is 3.71. The van der Waals surface area contributed by atoms with Crippen LogP contribution in [0.15, 0.2) is 0 Å². The Balaban J connectivity index is 3.99. The maximum absolute atomic E-state index is 11.4. The second kappa shape index (κ2) is 5.98. The predicted molar refractivity (Wildman–Crippen MR) is 54.9 cm³/mol. The number of hydrogen-bond donors (Lipinski definition) is 1. The molecule has 0 aliphatic carbocycles. The van der Waals surface area contributed by atoms with Crippen molar-refractivity contribution in [2.45, 2.75) is 45.8 Å². The highest BCUT2D eigenvalue weighted by atomic mass is 16.6. The normalized spacial score (nSPS) is 13.8. The van der Waals surface area contributed by atoms with Crippen LogP contribution in [0.2, 0.25) is 0 Å². The van der Waals surface area contributed by atoms with Gasteiger partial charge in [0.15, 0.2) is 5.60 Å². The van der Waals surface area contributed by atoms with Gasteiger partial charge in [-0.2, -0.15) is 0 Å². The number of rotatable bonds is 6. The van der Waals surface area contributed by atoms with Crippen LogP contribution in [0.4, 0.5) is 0 Å². The molecule has 0 aromatic carbocycles. The monoisotopic (exact) mass is 203 g/mol. The first-order valence-corrected chi connectivity index (χ1v) is 5.00. The lowest BCUT2D eigenvalue weighted by molar-refractivity contribution is -0.168. The molecule has 0 amide bonds. The first kappa shape index (κ1) is 13.4. The van der Waals surface area contributed by atoms with Crippen molar-refractivity contribution in [2.75, 3.05) is 13.2 Å². The third-order valence-corrected chi connectivity index (χ3v) is 1.95. The average molecular weight is 203 g/mol. The molecule has 0 saturated heterocycles. The van der Waals surface area contributed by atoms with Gasteiger partial charge in [-0.1, -0.05) is 6.92 Å². The summed E-state index contributed by atoms with van der Waals surface area (Å²) >= 11 is 0. The fourth-order valence-corrected chi connectivity index (χ4v) is 0.797. The summed E-state index contributed by atoms with van der Waals surface area (Å²) in [7, 11) is 0. The molecular weight excluding hydrogens is 182 g/mol. The summed E-state index contributed by atoms with van der Waals surface area (Å²) in [5, 5.41) is 0. The van der Waals surface area contributed by atoms with Crippen LogP contribution in [0.3, 0.4) is 0 Å². The van der Waals surface area contributed by atoms with Crippen molar-refractivity contribution in [3.63, 3.8) is 0 Å². The molecule has 0 aliphatic rings. The first-order chi connectivity index (χ1) is 6.44. The van der Waals surface area contributed by atoms with E-state index >= 15 is 0 Å². The van der Waals surface area contributed by atoms with Gasteiger partial charge in [0.1, 0.15) is 0 Å². The van der Waals surface area contributed by atoms with E-state index in [1.165, 1.54) is 0 Å². The van der Waals surface area contributed by atoms with E-state index in [4.69, 9.17) is 15.2 Å². The number of ether oxygens (including phenoxy) is 2. The molecule has 0 aromatic rings. The van der Waals surface area contributed by atoms with Gasteiger partial charge in [-0.05, 0) is 27.2 Å². The molecule has 14 heavy (non-hydrogen) atoms. The van der Waals surface area contributed by atoms with Gasteiger partial charge in [0.05, 0.1) is 13.2 Å². The Morgan fingerprint density at radius 3 is 2.43 bits per heavy atom. The predicted octanol–water partition coefficient (Wildman–Crippen LogP) is 1.08. The smallest absolute Gasteiger partial charge is 0.337 e. The molecule has 0 radical (unpaired) electrons. The Labute approximate surface area is 85.8 Å². The van der Waals surface area contributed by atoms with Crippen molar-refractivity contribution in [2.24, 2.45) is 5.73 Å². The Bertz CT molecular complexity index is 180. The minimum atomic E-state index is -0.900. The Morgan fingerprint density at radius 1 is 1.43 bits per heavy atom. The van der Waals surface area contributed by atoms with E-state index in [1.807, 2.05) is 6.92 Å². The third-order valence-electron chi connectivity index (χ3n) is 1.95. The molecule has 2 N–H and O–H groups in total. The molecule has 0 aromatic heterocycles. The highest BCUT2D eigenvalue weighted by Crippen LogP contribution is 2.12. The minimum Gasteiger partial charge on any atom is -0.464 e. The first-order valence-electron chi connectivity index (χ1n) is 5.00. The molecule has 0 fully saturated rings. The molecular formula is C10H21NO3. The van der Waals surface area contributed by atoms with Crippen LogP contribution in [-0.4, -0.2) is 30.8 Å². The zero-order valence-electron chi connectivity index (χ0n) is 9.50. The van der Waals surface area contributed by atoms with Crippen molar-refractivity contribution < 1.29 is 14.3 Å². The van der Waals surface area contributed by atoms with Gasteiger partial charge in [0.2, 0.25) is 0 Å². The van der Waals surface area contributed by atoms with Gasteiger partial charge < -0.3 is 15.2 Å². The van der Waals surface area contributed by atoms with Crippen molar-refractivity contribution in [1.82, 2.24) is 0 Å². The van der Waals surface area contributed by atoms with Crippen LogP contribution in [0, 0.1) is 0 Å². The molecule has 0 bridgehead atoms. The topological polar surface area (TPSA) is 61.5 Å².